The molecule has 0 aliphatic carbocycles. The second-order valence-corrected chi connectivity index (χ2v) is 8.44. The molecule has 0 aliphatic heterocycles. The molecule has 0 saturated carbocycles. The molecular weight excluding hydrogens is 318 g/mol. The van der Waals surface area contributed by atoms with Crippen LogP contribution in [-0.2, 0) is 10.8 Å². The number of hydrogen-bond acceptors (Lipinski definition) is 5. The van der Waals surface area contributed by atoms with Gasteiger partial charge in [-0.15, -0.1) is 10.2 Å². The first-order chi connectivity index (χ1) is 11.3. The van der Waals surface area contributed by atoms with Gasteiger partial charge in [-0.1, -0.05) is 58.9 Å². The lowest BCUT2D eigenvalue weighted by Gasteiger charge is -2.28. The minimum absolute atomic E-state index is 0.0238. The molecule has 0 atom stereocenters. The molecule has 0 saturated heterocycles. The second kappa shape index (κ2) is 5.96. The molecule has 0 unspecified atom stereocenters. The van der Waals surface area contributed by atoms with E-state index in [4.69, 9.17) is 9.40 Å². The summed E-state index contributed by atoms with van der Waals surface area (Å²) in [6.45, 7) is 13.5. The minimum atomic E-state index is 0.0238. The van der Waals surface area contributed by atoms with E-state index in [2.05, 4.69) is 63.9 Å². The molecule has 0 N–H and O–H groups in total. The summed E-state index contributed by atoms with van der Waals surface area (Å²) >= 11 is 1.45. The molecule has 128 valence electrons. The van der Waals surface area contributed by atoms with E-state index in [0.29, 0.717) is 5.89 Å². The van der Waals surface area contributed by atoms with Crippen molar-refractivity contribution in [3.8, 4) is 10.9 Å². The average molecular weight is 343 g/mol. The van der Waals surface area contributed by atoms with Gasteiger partial charge in [-0.25, -0.2) is 4.98 Å². The molecule has 2 aromatic heterocycles. The maximum absolute atomic E-state index is 6.13. The van der Waals surface area contributed by atoms with E-state index in [1.54, 1.807) is 5.51 Å². The molecule has 3 rings (SSSR count). The van der Waals surface area contributed by atoms with Gasteiger partial charge < -0.3 is 4.42 Å². The maximum atomic E-state index is 6.13. The quantitative estimate of drug-likeness (QED) is 0.594. The standard InChI is InChI=1S/C19H25N3OS/c1-7-18(3,4)12-9-13(19(5,6)8-2)15-14(10-12)21-16(23-15)17-22-20-11-24-17/h9-11H,7-8H2,1-6H3. The summed E-state index contributed by atoms with van der Waals surface area (Å²) < 4.78 is 6.13. The topological polar surface area (TPSA) is 51.8 Å². The summed E-state index contributed by atoms with van der Waals surface area (Å²) in [5, 5.41) is 8.71. The number of rotatable bonds is 5. The third-order valence-corrected chi connectivity index (χ3v) is 5.99. The monoisotopic (exact) mass is 343 g/mol. The Morgan fingerprint density at radius 3 is 2.33 bits per heavy atom. The van der Waals surface area contributed by atoms with Gasteiger partial charge in [0, 0.05) is 5.56 Å². The molecule has 0 aliphatic rings. The summed E-state index contributed by atoms with van der Waals surface area (Å²) in [7, 11) is 0. The molecule has 0 bridgehead atoms. The Kier molecular flexibility index (Phi) is 4.24. The summed E-state index contributed by atoms with van der Waals surface area (Å²) in [5.41, 5.74) is 6.16. The Labute approximate surface area is 147 Å². The van der Waals surface area contributed by atoms with Gasteiger partial charge in [-0.2, -0.15) is 0 Å². The van der Waals surface area contributed by atoms with Crippen LogP contribution in [-0.4, -0.2) is 15.2 Å². The van der Waals surface area contributed by atoms with Crippen LogP contribution in [0.2, 0.25) is 0 Å². The number of benzene rings is 1. The summed E-state index contributed by atoms with van der Waals surface area (Å²) in [5.74, 6) is 0.562. The lowest BCUT2D eigenvalue weighted by Crippen LogP contribution is -2.20. The average Bonchev–Trinajstić information content (AvgIpc) is 3.22. The van der Waals surface area contributed by atoms with E-state index >= 15 is 0 Å². The highest BCUT2D eigenvalue weighted by molar-refractivity contribution is 7.12. The molecule has 5 heteroatoms. The van der Waals surface area contributed by atoms with E-state index in [0.717, 1.165) is 28.9 Å². The first-order valence-corrected chi connectivity index (χ1v) is 9.38. The van der Waals surface area contributed by atoms with Crippen molar-refractivity contribution in [2.45, 2.75) is 65.2 Å². The van der Waals surface area contributed by atoms with Crippen molar-refractivity contribution in [1.29, 1.82) is 0 Å². The number of hydrogen-bond donors (Lipinski definition) is 0. The molecule has 4 nitrogen and oxygen atoms in total. The molecule has 1 aromatic carbocycles. The third kappa shape index (κ3) is 2.86. The van der Waals surface area contributed by atoms with Crippen molar-refractivity contribution in [3.63, 3.8) is 0 Å². The first kappa shape index (κ1) is 17.1. The van der Waals surface area contributed by atoms with Crippen LogP contribution in [0.3, 0.4) is 0 Å². The van der Waals surface area contributed by atoms with E-state index in [-0.39, 0.29) is 10.8 Å². The minimum Gasteiger partial charge on any atom is -0.434 e. The smallest absolute Gasteiger partial charge is 0.258 e. The molecule has 0 spiro atoms. The van der Waals surface area contributed by atoms with Crippen LogP contribution in [0.4, 0.5) is 0 Å². The summed E-state index contributed by atoms with van der Waals surface area (Å²) in [6, 6.07) is 4.48. The van der Waals surface area contributed by atoms with Crippen molar-refractivity contribution in [2.24, 2.45) is 0 Å². The van der Waals surface area contributed by atoms with Gasteiger partial charge in [0.1, 0.15) is 11.0 Å². The molecule has 3 aromatic rings. The van der Waals surface area contributed by atoms with Gasteiger partial charge in [0.05, 0.1) is 0 Å². The Morgan fingerprint density at radius 1 is 1.04 bits per heavy atom. The highest BCUT2D eigenvalue weighted by Gasteiger charge is 2.28. The van der Waals surface area contributed by atoms with Crippen LogP contribution >= 0.6 is 11.3 Å². The number of aromatic nitrogens is 3. The van der Waals surface area contributed by atoms with E-state index in [1.165, 1.54) is 22.5 Å². The van der Waals surface area contributed by atoms with Gasteiger partial charge >= 0.3 is 0 Å². The molecule has 0 amide bonds. The zero-order valence-corrected chi connectivity index (χ0v) is 16.1. The predicted octanol–water partition coefficient (Wildman–Crippen LogP) is 5.72. The Bertz CT molecular complexity index is 847. The number of nitrogens with zero attached hydrogens (tertiary/aromatic N) is 3. The van der Waals surface area contributed by atoms with Gasteiger partial charge in [0.25, 0.3) is 5.89 Å². The maximum Gasteiger partial charge on any atom is 0.258 e. The fraction of sp³-hybridized carbons (Fsp3) is 0.526. The van der Waals surface area contributed by atoms with E-state index in [9.17, 15) is 0 Å². The van der Waals surface area contributed by atoms with Gasteiger partial charge in [0.15, 0.2) is 5.58 Å². The van der Waals surface area contributed by atoms with Crippen molar-refractivity contribution in [3.05, 3.63) is 28.8 Å². The number of fused-ring (bicyclic) bond motifs is 1. The van der Waals surface area contributed by atoms with Crippen molar-refractivity contribution >= 4 is 22.4 Å². The lowest BCUT2D eigenvalue weighted by atomic mass is 9.76. The van der Waals surface area contributed by atoms with Gasteiger partial charge in [-0.05, 0) is 35.3 Å². The SMILES string of the molecule is CCC(C)(C)c1cc(C(C)(C)CC)c2oc(-c3nncs3)nc2c1. The largest absolute Gasteiger partial charge is 0.434 e. The zero-order valence-electron chi connectivity index (χ0n) is 15.3. The second-order valence-electron chi connectivity index (χ2n) is 7.61. The fourth-order valence-electron chi connectivity index (χ4n) is 2.68. The van der Waals surface area contributed by atoms with Crippen LogP contribution in [0.25, 0.3) is 22.0 Å². The first-order valence-electron chi connectivity index (χ1n) is 8.50. The Morgan fingerprint density at radius 2 is 1.75 bits per heavy atom. The molecule has 24 heavy (non-hydrogen) atoms. The molecule has 0 radical (unpaired) electrons. The van der Waals surface area contributed by atoms with Crippen LogP contribution in [0.15, 0.2) is 22.1 Å². The molecule has 0 fully saturated rings. The van der Waals surface area contributed by atoms with Crippen LogP contribution < -0.4 is 0 Å². The zero-order chi connectivity index (χ0) is 17.5. The van der Waals surface area contributed by atoms with E-state index < -0.39 is 0 Å². The normalized spacial score (nSPS) is 12.9. The van der Waals surface area contributed by atoms with Crippen molar-refractivity contribution in [2.75, 3.05) is 0 Å². The van der Waals surface area contributed by atoms with Gasteiger partial charge in [-0.3, -0.25) is 0 Å². The highest BCUT2D eigenvalue weighted by Crippen LogP contribution is 2.39. The Hall–Kier alpha value is -1.75. The van der Waals surface area contributed by atoms with E-state index in [1.807, 2.05) is 0 Å². The Balaban J connectivity index is 2.28. The fourth-order valence-corrected chi connectivity index (χ4v) is 3.16. The van der Waals surface area contributed by atoms with Crippen molar-refractivity contribution < 1.29 is 4.42 Å². The van der Waals surface area contributed by atoms with Crippen LogP contribution in [0, 0.1) is 0 Å². The predicted molar refractivity (Wildman–Crippen MR) is 99.5 cm³/mol. The van der Waals surface area contributed by atoms with Crippen LogP contribution in [0.1, 0.15) is 65.5 Å². The summed E-state index contributed by atoms with van der Waals surface area (Å²) in [6.07, 6.45) is 2.11. The number of oxazole rings is 1. The highest BCUT2D eigenvalue weighted by atomic mass is 32.1. The third-order valence-electron chi connectivity index (χ3n) is 5.31. The molecular formula is C19H25N3OS. The lowest BCUT2D eigenvalue weighted by molar-refractivity contribution is 0.484. The molecule has 2 heterocycles. The van der Waals surface area contributed by atoms with Crippen molar-refractivity contribution in [1.82, 2.24) is 15.2 Å². The van der Waals surface area contributed by atoms with Gasteiger partial charge in [0.2, 0.25) is 5.01 Å². The summed E-state index contributed by atoms with van der Waals surface area (Å²) in [4.78, 5) is 4.71. The van der Waals surface area contributed by atoms with Crippen LogP contribution in [0.5, 0.6) is 0 Å².